The number of fused-ring (bicyclic) bond motifs is 1. The highest BCUT2D eigenvalue weighted by atomic mass is 35.5. The fourth-order valence-corrected chi connectivity index (χ4v) is 4.60. The van der Waals surface area contributed by atoms with Gasteiger partial charge in [-0.15, -0.1) is 11.3 Å². The van der Waals surface area contributed by atoms with Gasteiger partial charge in [-0.25, -0.2) is 18.1 Å². The normalized spacial score (nSPS) is 11.9. The van der Waals surface area contributed by atoms with Crippen molar-refractivity contribution in [3.05, 3.63) is 56.9 Å². The summed E-state index contributed by atoms with van der Waals surface area (Å²) >= 11 is 6.73. The van der Waals surface area contributed by atoms with Crippen LogP contribution < -0.4 is 10.3 Å². The first kappa shape index (κ1) is 16.1. The van der Waals surface area contributed by atoms with E-state index in [4.69, 9.17) is 11.6 Å². The van der Waals surface area contributed by atoms with E-state index in [0.717, 1.165) is 11.3 Å². The van der Waals surface area contributed by atoms with Gasteiger partial charge in [0.25, 0.3) is 15.6 Å². The minimum absolute atomic E-state index is 0.0889. The van der Waals surface area contributed by atoms with Crippen molar-refractivity contribution in [2.24, 2.45) is 7.05 Å². The van der Waals surface area contributed by atoms with Crippen molar-refractivity contribution < 1.29 is 8.42 Å². The molecule has 120 valence electrons. The zero-order valence-electron chi connectivity index (χ0n) is 12.0. The predicted octanol–water partition coefficient (Wildman–Crippen LogP) is 2.13. The van der Waals surface area contributed by atoms with Crippen LogP contribution in [0, 0.1) is 0 Å². The van der Waals surface area contributed by atoms with E-state index in [9.17, 15) is 13.2 Å². The van der Waals surface area contributed by atoms with Gasteiger partial charge in [-0.2, -0.15) is 0 Å². The van der Waals surface area contributed by atoms with Gasteiger partial charge in [0.05, 0.1) is 21.8 Å². The van der Waals surface area contributed by atoms with Gasteiger partial charge < -0.3 is 0 Å². The van der Waals surface area contributed by atoms with Gasteiger partial charge in [0.1, 0.15) is 10.0 Å². The van der Waals surface area contributed by atoms with E-state index in [-0.39, 0.29) is 16.3 Å². The molecule has 0 aliphatic carbocycles. The molecule has 23 heavy (non-hydrogen) atoms. The molecule has 0 atom stereocenters. The zero-order valence-corrected chi connectivity index (χ0v) is 14.4. The molecule has 9 heteroatoms. The van der Waals surface area contributed by atoms with Gasteiger partial charge in [-0.1, -0.05) is 23.7 Å². The number of benzene rings is 1. The van der Waals surface area contributed by atoms with Crippen LogP contribution in [0.3, 0.4) is 0 Å². The summed E-state index contributed by atoms with van der Waals surface area (Å²) < 4.78 is 28.7. The van der Waals surface area contributed by atoms with Crippen molar-refractivity contribution in [3.8, 4) is 0 Å². The third kappa shape index (κ3) is 3.16. The summed E-state index contributed by atoms with van der Waals surface area (Å²) in [6.07, 6.45) is 0. The third-order valence-corrected chi connectivity index (χ3v) is 6.43. The Labute approximate surface area is 141 Å². The molecule has 6 nitrogen and oxygen atoms in total. The molecule has 0 saturated heterocycles. The molecule has 0 radical (unpaired) electrons. The van der Waals surface area contributed by atoms with Crippen LogP contribution in [0.15, 0.2) is 45.4 Å². The number of sulfonamides is 1. The molecule has 0 unspecified atom stereocenters. The van der Waals surface area contributed by atoms with Gasteiger partial charge in [-0.3, -0.25) is 9.36 Å². The maximum absolute atomic E-state index is 12.3. The van der Waals surface area contributed by atoms with Gasteiger partial charge in [0, 0.05) is 7.05 Å². The molecule has 0 aliphatic rings. The van der Waals surface area contributed by atoms with E-state index >= 15 is 0 Å². The van der Waals surface area contributed by atoms with Crippen LogP contribution in [0.4, 0.5) is 0 Å². The Kier molecular flexibility index (Phi) is 4.24. The monoisotopic (exact) mass is 369 g/mol. The smallest absolute Gasteiger partial charge is 0.261 e. The lowest BCUT2D eigenvalue weighted by Crippen LogP contribution is -2.29. The highest BCUT2D eigenvalue weighted by molar-refractivity contribution is 7.91. The molecule has 2 heterocycles. The minimum Gasteiger partial charge on any atom is -0.298 e. The number of rotatable bonds is 4. The highest BCUT2D eigenvalue weighted by Crippen LogP contribution is 2.25. The fourth-order valence-electron chi connectivity index (χ4n) is 2.09. The summed E-state index contributed by atoms with van der Waals surface area (Å²) in [5, 5.41) is 0.492. The first-order valence-electron chi connectivity index (χ1n) is 6.58. The molecule has 3 rings (SSSR count). The quantitative estimate of drug-likeness (QED) is 0.763. The first-order chi connectivity index (χ1) is 10.9. The van der Waals surface area contributed by atoms with E-state index in [2.05, 4.69) is 9.71 Å². The second kappa shape index (κ2) is 6.04. The third-order valence-electron chi connectivity index (χ3n) is 3.31. The van der Waals surface area contributed by atoms with Crippen LogP contribution in [-0.4, -0.2) is 18.0 Å². The largest absolute Gasteiger partial charge is 0.298 e. The molecule has 0 fully saturated rings. The number of hydrogen-bond acceptors (Lipinski definition) is 5. The van der Waals surface area contributed by atoms with Crippen LogP contribution in [0.1, 0.15) is 5.82 Å². The van der Waals surface area contributed by atoms with Crippen LogP contribution in [0.2, 0.25) is 4.34 Å². The number of nitrogens with one attached hydrogen (secondary N) is 1. The van der Waals surface area contributed by atoms with Crippen molar-refractivity contribution in [1.82, 2.24) is 14.3 Å². The summed E-state index contributed by atoms with van der Waals surface area (Å²) in [5.41, 5.74) is 0.313. The summed E-state index contributed by atoms with van der Waals surface area (Å²) in [6, 6.07) is 9.89. The second-order valence-corrected chi connectivity index (χ2v) is 8.50. The molecule has 0 saturated carbocycles. The molecular formula is C14H12ClN3O3S2. The topological polar surface area (TPSA) is 81.1 Å². The first-order valence-corrected chi connectivity index (χ1v) is 9.26. The summed E-state index contributed by atoms with van der Waals surface area (Å²) in [6.45, 7) is -0.0889. The Morgan fingerprint density at radius 3 is 2.70 bits per heavy atom. The Morgan fingerprint density at radius 2 is 2.00 bits per heavy atom. The van der Waals surface area contributed by atoms with Crippen LogP contribution in [0.5, 0.6) is 0 Å². The fraction of sp³-hybridized carbons (Fsp3) is 0.143. The van der Waals surface area contributed by atoms with Crippen molar-refractivity contribution in [3.63, 3.8) is 0 Å². The Morgan fingerprint density at radius 1 is 1.26 bits per heavy atom. The summed E-state index contributed by atoms with van der Waals surface area (Å²) in [5.74, 6) is 0.333. The predicted molar refractivity (Wildman–Crippen MR) is 90.3 cm³/mol. The highest BCUT2D eigenvalue weighted by Gasteiger charge is 2.17. The minimum atomic E-state index is -3.69. The van der Waals surface area contributed by atoms with Crippen molar-refractivity contribution >= 4 is 43.9 Å². The summed E-state index contributed by atoms with van der Waals surface area (Å²) in [4.78, 5) is 16.6. The number of thiophene rings is 1. The number of aromatic nitrogens is 2. The van der Waals surface area contributed by atoms with E-state index < -0.39 is 10.0 Å². The van der Waals surface area contributed by atoms with Crippen molar-refractivity contribution in [2.45, 2.75) is 10.8 Å². The van der Waals surface area contributed by atoms with Crippen LogP contribution in [0.25, 0.3) is 10.9 Å². The van der Waals surface area contributed by atoms with Crippen LogP contribution in [-0.2, 0) is 23.6 Å². The lowest BCUT2D eigenvalue weighted by molar-refractivity contribution is 0.578. The Hall–Kier alpha value is -1.74. The Bertz CT molecular complexity index is 1040. The molecule has 0 amide bonds. The number of para-hydroxylation sites is 1. The van der Waals surface area contributed by atoms with E-state index in [1.165, 1.54) is 16.7 Å². The van der Waals surface area contributed by atoms with Gasteiger partial charge in [0.2, 0.25) is 0 Å². The van der Waals surface area contributed by atoms with E-state index in [1.54, 1.807) is 31.3 Å². The van der Waals surface area contributed by atoms with Crippen LogP contribution >= 0.6 is 22.9 Å². The molecular weight excluding hydrogens is 358 g/mol. The SMILES string of the molecule is Cn1c(CNS(=O)(=O)c2ccc(Cl)s2)nc2ccccc2c1=O. The lowest BCUT2D eigenvalue weighted by atomic mass is 10.2. The maximum Gasteiger partial charge on any atom is 0.261 e. The van der Waals surface area contributed by atoms with E-state index in [1.807, 2.05) is 0 Å². The molecule has 3 aromatic rings. The molecule has 0 aliphatic heterocycles. The standard InChI is InChI=1S/C14H12ClN3O3S2/c1-18-12(17-10-5-3-2-4-9(10)14(18)19)8-16-23(20,21)13-7-6-11(15)22-13/h2-7,16H,8H2,1H3. The molecule has 2 aromatic heterocycles. The summed E-state index contributed by atoms with van der Waals surface area (Å²) in [7, 11) is -2.13. The Balaban J connectivity index is 1.93. The molecule has 1 aromatic carbocycles. The number of halogens is 1. The number of hydrogen-bond donors (Lipinski definition) is 1. The average Bonchev–Trinajstić information content (AvgIpc) is 2.97. The van der Waals surface area contributed by atoms with Crippen molar-refractivity contribution in [1.29, 1.82) is 0 Å². The maximum atomic E-state index is 12.3. The average molecular weight is 370 g/mol. The van der Waals surface area contributed by atoms with Gasteiger partial charge in [-0.05, 0) is 24.3 Å². The second-order valence-electron chi connectivity index (χ2n) is 4.79. The van der Waals surface area contributed by atoms with Crippen molar-refractivity contribution in [2.75, 3.05) is 0 Å². The molecule has 0 bridgehead atoms. The molecule has 0 spiro atoms. The zero-order chi connectivity index (χ0) is 16.6. The van der Waals surface area contributed by atoms with Gasteiger partial charge >= 0.3 is 0 Å². The molecule has 1 N–H and O–H groups in total. The lowest BCUT2D eigenvalue weighted by Gasteiger charge is -2.10. The van der Waals surface area contributed by atoms with Gasteiger partial charge in [0.15, 0.2) is 0 Å². The number of nitrogens with zero attached hydrogens (tertiary/aromatic N) is 2. The van der Waals surface area contributed by atoms with E-state index in [0.29, 0.717) is 21.1 Å².